The summed E-state index contributed by atoms with van der Waals surface area (Å²) in [5.74, 6) is 1.14. The van der Waals surface area contributed by atoms with Gasteiger partial charge in [0.25, 0.3) is 0 Å². The van der Waals surface area contributed by atoms with Crippen LogP contribution in [0.4, 0.5) is 0 Å². The molecule has 6 nitrogen and oxygen atoms in total. The summed E-state index contributed by atoms with van der Waals surface area (Å²) in [6.07, 6.45) is 2.42. The standard InChI is InChI=1S/C20H26N2O4/c1-25-17-4-2-3-15(11-17)12-21-8-6-20(19(21)24)7-9-22(14-20)18(23)16-5-10-26-13-16/h2-4,11,16H,5-10,12-14H2,1H3/t16-,20-/m1/s1. The molecule has 3 heterocycles. The van der Waals surface area contributed by atoms with Crippen molar-refractivity contribution in [2.24, 2.45) is 11.3 Å². The van der Waals surface area contributed by atoms with Crippen molar-refractivity contribution in [3.8, 4) is 5.75 Å². The highest BCUT2D eigenvalue weighted by Crippen LogP contribution is 2.42. The molecule has 26 heavy (non-hydrogen) atoms. The first-order chi connectivity index (χ1) is 12.6. The molecular formula is C20H26N2O4. The Morgan fingerprint density at radius 1 is 1.35 bits per heavy atom. The Balaban J connectivity index is 1.41. The molecule has 2 amide bonds. The van der Waals surface area contributed by atoms with Gasteiger partial charge in [0, 0.05) is 32.8 Å². The molecule has 6 heteroatoms. The van der Waals surface area contributed by atoms with E-state index >= 15 is 0 Å². The number of likely N-dealkylation sites (tertiary alicyclic amines) is 2. The number of ether oxygens (including phenoxy) is 2. The van der Waals surface area contributed by atoms with Gasteiger partial charge in [-0.3, -0.25) is 9.59 Å². The largest absolute Gasteiger partial charge is 0.497 e. The minimum absolute atomic E-state index is 0.0189. The fraction of sp³-hybridized carbons (Fsp3) is 0.600. The normalized spacial score (nSPS) is 28.3. The molecule has 3 fully saturated rings. The zero-order valence-electron chi connectivity index (χ0n) is 15.3. The number of nitrogens with zero attached hydrogens (tertiary/aromatic N) is 2. The lowest BCUT2D eigenvalue weighted by molar-refractivity contribution is -0.138. The van der Waals surface area contributed by atoms with Gasteiger partial charge in [-0.2, -0.15) is 0 Å². The number of benzene rings is 1. The van der Waals surface area contributed by atoms with E-state index < -0.39 is 0 Å². The van der Waals surface area contributed by atoms with Crippen LogP contribution in [0, 0.1) is 11.3 Å². The molecule has 3 aliphatic heterocycles. The highest BCUT2D eigenvalue weighted by molar-refractivity contribution is 5.87. The molecule has 1 spiro atoms. The first-order valence-electron chi connectivity index (χ1n) is 9.40. The van der Waals surface area contributed by atoms with Crippen molar-refractivity contribution in [3.63, 3.8) is 0 Å². The number of amides is 2. The summed E-state index contributed by atoms with van der Waals surface area (Å²) in [7, 11) is 1.65. The zero-order chi connectivity index (χ0) is 18.1. The molecule has 3 saturated heterocycles. The van der Waals surface area contributed by atoms with Crippen molar-refractivity contribution < 1.29 is 19.1 Å². The maximum Gasteiger partial charge on any atom is 0.231 e. The van der Waals surface area contributed by atoms with Crippen LogP contribution in [0.3, 0.4) is 0 Å². The van der Waals surface area contributed by atoms with E-state index in [9.17, 15) is 9.59 Å². The lowest BCUT2D eigenvalue weighted by Gasteiger charge is -2.25. The van der Waals surface area contributed by atoms with Crippen LogP contribution in [0.5, 0.6) is 5.75 Å². The number of rotatable bonds is 4. The highest BCUT2D eigenvalue weighted by Gasteiger charge is 2.52. The van der Waals surface area contributed by atoms with Gasteiger partial charge < -0.3 is 19.3 Å². The van der Waals surface area contributed by atoms with Gasteiger partial charge in [-0.1, -0.05) is 12.1 Å². The van der Waals surface area contributed by atoms with Crippen molar-refractivity contribution >= 4 is 11.8 Å². The van der Waals surface area contributed by atoms with E-state index in [1.165, 1.54) is 0 Å². The van der Waals surface area contributed by atoms with Crippen molar-refractivity contribution in [1.29, 1.82) is 0 Å². The first kappa shape index (κ1) is 17.3. The number of hydrogen-bond donors (Lipinski definition) is 0. The van der Waals surface area contributed by atoms with Gasteiger partial charge in [0.05, 0.1) is 25.0 Å². The topological polar surface area (TPSA) is 59.1 Å². The van der Waals surface area contributed by atoms with Crippen molar-refractivity contribution in [1.82, 2.24) is 9.80 Å². The quantitative estimate of drug-likeness (QED) is 0.822. The van der Waals surface area contributed by atoms with E-state index in [2.05, 4.69) is 0 Å². The first-order valence-corrected chi connectivity index (χ1v) is 9.40. The lowest BCUT2D eigenvalue weighted by Crippen LogP contribution is -2.40. The Hall–Kier alpha value is -2.08. The van der Waals surface area contributed by atoms with Gasteiger partial charge in [0.2, 0.25) is 11.8 Å². The second-order valence-corrected chi connectivity index (χ2v) is 7.68. The molecule has 2 atom stereocenters. The number of methoxy groups -OCH3 is 1. The third-order valence-corrected chi connectivity index (χ3v) is 6.05. The van der Waals surface area contributed by atoms with Crippen LogP contribution in [-0.4, -0.2) is 61.6 Å². The third-order valence-electron chi connectivity index (χ3n) is 6.05. The van der Waals surface area contributed by atoms with Crippen molar-refractivity contribution in [3.05, 3.63) is 29.8 Å². The van der Waals surface area contributed by atoms with E-state index in [1.807, 2.05) is 34.1 Å². The molecule has 140 valence electrons. The SMILES string of the molecule is COc1cccc(CN2CC[C@]3(CCN(C(=O)[C@@H]4CCOC4)C3)C2=O)c1. The monoisotopic (exact) mass is 358 g/mol. The van der Waals surface area contributed by atoms with Crippen molar-refractivity contribution in [2.45, 2.75) is 25.8 Å². The van der Waals surface area contributed by atoms with E-state index in [1.54, 1.807) is 7.11 Å². The summed E-state index contributed by atoms with van der Waals surface area (Å²) in [5.41, 5.74) is 0.692. The molecule has 0 N–H and O–H groups in total. The average Bonchev–Trinajstić information content (AvgIpc) is 3.40. The van der Waals surface area contributed by atoms with Crippen LogP contribution in [0.15, 0.2) is 24.3 Å². The summed E-state index contributed by atoms with van der Waals surface area (Å²) >= 11 is 0. The molecule has 0 aliphatic carbocycles. The van der Waals surface area contributed by atoms with Crippen LogP contribution in [0.1, 0.15) is 24.8 Å². The molecule has 0 radical (unpaired) electrons. The second kappa shape index (κ2) is 6.91. The fourth-order valence-corrected chi connectivity index (χ4v) is 4.46. The predicted molar refractivity (Wildman–Crippen MR) is 95.6 cm³/mol. The van der Waals surface area contributed by atoms with Crippen LogP contribution < -0.4 is 4.74 Å². The van der Waals surface area contributed by atoms with Crippen LogP contribution in [0.2, 0.25) is 0 Å². The van der Waals surface area contributed by atoms with E-state index in [-0.39, 0.29) is 23.1 Å². The lowest BCUT2D eigenvalue weighted by atomic mass is 9.85. The summed E-state index contributed by atoms with van der Waals surface area (Å²) in [5, 5.41) is 0. The van der Waals surface area contributed by atoms with E-state index in [4.69, 9.17) is 9.47 Å². The molecule has 0 aromatic heterocycles. The molecule has 0 saturated carbocycles. The maximum atomic E-state index is 13.1. The maximum absolute atomic E-state index is 13.1. The molecule has 1 aromatic carbocycles. The average molecular weight is 358 g/mol. The number of carbonyl (C=O) groups excluding carboxylic acids is 2. The van der Waals surface area contributed by atoms with Gasteiger partial charge in [0.15, 0.2) is 0 Å². The molecule has 3 aliphatic rings. The Morgan fingerprint density at radius 3 is 2.96 bits per heavy atom. The Bertz CT molecular complexity index is 701. The van der Waals surface area contributed by atoms with Gasteiger partial charge >= 0.3 is 0 Å². The number of hydrogen-bond acceptors (Lipinski definition) is 4. The van der Waals surface area contributed by atoms with Crippen molar-refractivity contribution in [2.75, 3.05) is 40.0 Å². The zero-order valence-corrected chi connectivity index (χ0v) is 15.3. The van der Waals surface area contributed by atoms with Gasteiger partial charge in [-0.15, -0.1) is 0 Å². The predicted octanol–water partition coefficient (Wildman–Crippen LogP) is 1.68. The van der Waals surface area contributed by atoms with Gasteiger partial charge in [-0.25, -0.2) is 0 Å². The van der Waals surface area contributed by atoms with Crippen LogP contribution in [0.25, 0.3) is 0 Å². The minimum Gasteiger partial charge on any atom is -0.497 e. The van der Waals surface area contributed by atoms with E-state index in [0.717, 1.165) is 37.1 Å². The third kappa shape index (κ3) is 3.07. The fourth-order valence-electron chi connectivity index (χ4n) is 4.46. The molecule has 4 rings (SSSR count). The number of carbonyl (C=O) groups is 2. The molecule has 1 aromatic rings. The van der Waals surface area contributed by atoms with Crippen LogP contribution >= 0.6 is 0 Å². The summed E-state index contributed by atoms with van der Waals surface area (Å²) < 4.78 is 10.6. The summed E-state index contributed by atoms with van der Waals surface area (Å²) in [4.78, 5) is 29.6. The minimum atomic E-state index is -0.381. The Labute approximate surface area is 154 Å². The second-order valence-electron chi connectivity index (χ2n) is 7.68. The Morgan fingerprint density at radius 2 is 2.19 bits per heavy atom. The van der Waals surface area contributed by atoms with E-state index in [0.29, 0.717) is 32.8 Å². The molecule has 0 unspecified atom stereocenters. The summed E-state index contributed by atoms with van der Waals surface area (Å²) in [6, 6.07) is 7.85. The summed E-state index contributed by atoms with van der Waals surface area (Å²) in [6.45, 7) is 3.80. The Kier molecular flexibility index (Phi) is 4.61. The molecule has 0 bridgehead atoms. The smallest absolute Gasteiger partial charge is 0.231 e. The van der Waals surface area contributed by atoms with Gasteiger partial charge in [-0.05, 0) is 37.0 Å². The van der Waals surface area contributed by atoms with Gasteiger partial charge in [0.1, 0.15) is 5.75 Å². The highest BCUT2D eigenvalue weighted by atomic mass is 16.5. The van der Waals surface area contributed by atoms with Crippen LogP contribution in [-0.2, 0) is 20.9 Å². The molecular weight excluding hydrogens is 332 g/mol.